The van der Waals surface area contributed by atoms with Gasteiger partial charge in [0.2, 0.25) is 5.89 Å². The van der Waals surface area contributed by atoms with Gasteiger partial charge in [0.25, 0.3) is 0 Å². The van der Waals surface area contributed by atoms with Crippen molar-refractivity contribution < 1.29 is 14.0 Å². The zero-order valence-electron chi connectivity index (χ0n) is 12.1. The van der Waals surface area contributed by atoms with Crippen LogP contribution < -0.4 is 5.32 Å². The molecule has 0 spiro atoms. The standard InChI is InChI=1S/C13H25N3O3/c1-4-5-11(14-2)10-13-15-12(16-19-13)6-7-18-9-8-17-3/h11,14H,4-10H2,1-3H3. The Morgan fingerprint density at radius 3 is 2.84 bits per heavy atom. The molecule has 1 heterocycles. The minimum absolute atomic E-state index is 0.399. The molecule has 0 saturated heterocycles. The summed E-state index contributed by atoms with van der Waals surface area (Å²) in [6.45, 7) is 3.96. The van der Waals surface area contributed by atoms with Gasteiger partial charge in [-0.3, -0.25) is 0 Å². The molecule has 1 unspecified atom stereocenters. The Morgan fingerprint density at radius 2 is 2.16 bits per heavy atom. The highest BCUT2D eigenvalue weighted by atomic mass is 16.5. The molecule has 0 fully saturated rings. The summed E-state index contributed by atoms with van der Waals surface area (Å²) in [4.78, 5) is 4.37. The van der Waals surface area contributed by atoms with Crippen LogP contribution in [0, 0.1) is 0 Å². The number of hydrogen-bond acceptors (Lipinski definition) is 6. The zero-order valence-corrected chi connectivity index (χ0v) is 12.1. The first-order valence-corrected chi connectivity index (χ1v) is 6.85. The van der Waals surface area contributed by atoms with E-state index in [0.29, 0.717) is 44.0 Å². The van der Waals surface area contributed by atoms with Gasteiger partial charge >= 0.3 is 0 Å². The molecule has 1 N–H and O–H groups in total. The maximum absolute atomic E-state index is 5.37. The maximum atomic E-state index is 5.37. The third-order valence-corrected chi connectivity index (χ3v) is 2.88. The molecule has 0 aliphatic rings. The van der Waals surface area contributed by atoms with Crippen LogP contribution in [-0.4, -0.2) is 50.2 Å². The van der Waals surface area contributed by atoms with Gasteiger partial charge < -0.3 is 19.3 Å². The van der Waals surface area contributed by atoms with Gasteiger partial charge in [-0.05, 0) is 13.5 Å². The number of methoxy groups -OCH3 is 1. The van der Waals surface area contributed by atoms with Crippen LogP contribution in [0.1, 0.15) is 31.5 Å². The van der Waals surface area contributed by atoms with E-state index in [-0.39, 0.29) is 0 Å². The van der Waals surface area contributed by atoms with Crippen LogP contribution >= 0.6 is 0 Å². The van der Waals surface area contributed by atoms with E-state index in [1.807, 2.05) is 7.05 Å². The normalized spacial score (nSPS) is 12.8. The summed E-state index contributed by atoms with van der Waals surface area (Å²) in [6.07, 6.45) is 3.70. The van der Waals surface area contributed by atoms with Crippen molar-refractivity contribution in [3.05, 3.63) is 11.7 Å². The minimum Gasteiger partial charge on any atom is -0.382 e. The van der Waals surface area contributed by atoms with Gasteiger partial charge in [0, 0.05) is 26.0 Å². The number of nitrogens with one attached hydrogen (secondary N) is 1. The molecule has 6 heteroatoms. The monoisotopic (exact) mass is 271 g/mol. The van der Waals surface area contributed by atoms with Crippen LogP contribution in [0.5, 0.6) is 0 Å². The van der Waals surface area contributed by atoms with E-state index in [1.165, 1.54) is 0 Å². The van der Waals surface area contributed by atoms with Crippen molar-refractivity contribution in [3.63, 3.8) is 0 Å². The molecule has 1 atom stereocenters. The molecule has 0 amide bonds. The van der Waals surface area contributed by atoms with Crippen molar-refractivity contribution in [1.29, 1.82) is 0 Å². The molecular weight excluding hydrogens is 246 g/mol. The van der Waals surface area contributed by atoms with Crippen LogP contribution in [0.3, 0.4) is 0 Å². The van der Waals surface area contributed by atoms with Crippen molar-refractivity contribution in [2.24, 2.45) is 0 Å². The van der Waals surface area contributed by atoms with Crippen LogP contribution in [-0.2, 0) is 22.3 Å². The fraction of sp³-hybridized carbons (Fsp3) is 0.846. The molecule has 110 valence electrons. The topological polar surface area (TPSA) is 69.4 Å². The van der Waals surface area contributed by atoms with Crippen LogP contribution in [0.15, 0.2) is 4.52 Å². The van der Waals surface area contributed by atoms with E-state index in [2.05, 4.69) is 22.4 Å². The summed E-state index contributed by atoms with van der Waals surface area (Å²) in [5, 5.41) is 7.22. The first kappa shape index (κ1) is 16.1. The van der Waals surface area contributed by atoms with Crippen molar-refractivity contribution in [3.8, 4) is 0 Å². The summed E-state index contributed by atoms with van der Waals surface area (Å²) in [5.41, 5.74) is 0. The number of aromatic nitrogens is 2. The highest BCUT2D eigenvalue weighted by Crippen LogP contribution is 2.06. The highest BCUT2D eigenvalue weighted by Gasteiger charge is 2.12. The van der Waals surface area contributed by atoms with E-state index in [9.17, 15) is 0 Å². The van der Waals surface area contributed by atoms with Crippen molar-refractivity contribution in [2.75, 3.05) is 34.0 Å². The summed E-state index contributed by atoms with van der Waals surface area (Å²) in [7, 11) is 3.62. The summed E-state index contributed by atoms with van der Waals surface area (Å²) in [5.74, 6) is 1.40. The minimum atomic E-state index is 0.399. The van der Waals surface area contributed by atoms with E-state index >= 15 is 0 Å². The average molecular weight is 271 g/mol. The van der Waals surface area contributed by atoms with E-state index in [4.69, 9.17) is 14.0 Å². The van der Waals surface area contributed by atoms with Crippen LogP contribution in [0.4, 0.5) is 0 Å². The zero-order chi connectivity index (χ0) is 13.9. The second-order valence-electron chi connectivity index (χ2n) is 4.44. The Balaban J connectivity index is 2.27. The molecule has 19 heavy (non-hydrogen) atoms. The van der Waals surface area contributed by atoms with Gasteiger partial charge in [0.05, 0.1) is 19.8 Å². The predicted octanol–water partition coefficient (Wildman–Crippen LogP) is 1.21. The molecular formula is C13H25N3O3. The Morgan fingerprint density at radius 1 is 1.32 bits per heavy atom. The average Bonchev–Trinajstić information content (AvgIpc) is 2.85. The van der Waals surface area contributed by atoms with E-state index in [0.717, 1.165) is 19.3 Å². The van der Waals surface area contributed by atoms with Gasteiger partial charge in [-0.1, -0.05) is 18.5 Å². The number of ether oxygens (including phenoxy) is 2. The third-order valence-electron chi connectivity index (χ3n) is 2.88. The summed E-state index contributed by atoms with van der Waals surface area (Å²) < 4.78 is 15.5. The molecule has 0 aliphatic heterocycles. The smallest absolute Gasteiger partial charge is 0.228 e. The fourth-order valence-corrected chi connectivity index (χ4v) is 1.79. The molecule has 1 rings (SSSR count). The Hall–Kier alpha value is -0.980. The Bertz CT molecular complexity index is 331. The molecule has 1 aromatic rings. The Labute approximate surface area is 114 Å². The van der Waals surface area contributed by atoms with Crippen LogP contribution in [0.25, 0.3) is 0 Å². The molecule has 0 radical (unpaired) electrons. The lowest BCUT2D eigenvalue weighted by Gasteiger charge is -2.11. The number of hydrogen-bond donors (Lipinski definition) is 1. The first-order chi connectivity index (χ1) is 9.30. The lowest BCUT2D eigenvalue weighted by Crippen LogP contribution is -2.27. The van der Waals surface area contributed by atoms with Crippen molar-refractivity contribution in [1.82, 2.24) is 15.5 Å². The second-order valence-corrected chi connectivity index (χ2v) is 4.44. The molecule has 0 aliphatic carbocycles. The third kappa shape index (κ3) is 6.66. The second kappa shape index (κ2) is 9.89. The lowest BCUT2D eigenvalue weighted by molar-refractivity contribution is 0.0714. The predicted molar refractivity (Wildman–Crippen MR) is 72.2 cm³/mol. The van der Waals surface area contributed by atoms with E-state index < -0.39 is 0 Å². The first-order valence-electron chi connectivity index (χ1n) is 6.85. The molecule has 0 bridgehead atoms. The summed E-state index contributed by atoms with van der Waals surface area (Å²) in [6, 6.07) is 0.399. The molecule has 0 saturated carbocycles. The van der Waals surface area contributed by atoms with Gasteiger partial charge in [-0.15, -0.1) is 0 Å². The molecule has 1 aromatic heterocycles. The molecule has 6 nitrogen and oxygen atoms in total. The Kier molecular flexibility index (Phi) is 8.36. The number of rotatable bonds is 11. The van der Waals surface area contributed by atoms with Gasteiger partial charge in [0.15, 0.2) is 5.82 Å². The lowest BCUT2D eigenvalue weighted by atomic mass is 10.1. The highest BCUT2D eigenvalue weighted by molar-refractivity contribution is 4.89. The quantitative estimate of drug-likeness (QED) is 0.610. The van der Waals surface area contributed by atoms with E-state index in [1.54, 1.807) is 7.11 Å². The molecule has 0 aromatic carbocycles. The largest absolute Gasteiger partial charge is 0.382 e. The number of likely N-dealkylation sites (N-methyl/N-ethyl adjacent to an activating group) is 1. The van der Waals surface area contributed by atoms with Gasteiger partial charge in [0.1, 0.15) is 0 Å². The summed E-state index contributed by atoms with van der Waals surface area (Å²) >= 11 is 0. The van der Waals surface area contributed by atoms with Gasteiger partial charge in [-0.2, -0.15) is 4.98 Å². The number of nitrogens with zero attached hydrogens (tertiary/aromatic N) is 2. The van der Waals surface area contributed by atoms with Gasteiger partial charge in [-0.25, -0.2) is 0 Å². The van der Waals surface area contributed by atoms with Crippen molar-refractivity contribution in [2.45, 2.75) is 38.6 Å². The fourth-order valence-electron chi connectivity index (χ4n) is 1.79. The van der Waals surface area contributed by atoms with Crippen molar-refractivity contribution >= 4 is 0 Å². The SMILES string of the molecule is CCCC(Cc1nc(CCOCCOC)no1)NC. The maximum Gasteiger partial charge on any atom is 0.228 e. The van der Waals surface area contributed by atoms with Crippen LogP contribution in [0.2, 0.25) is 0 Å².